The van der Waals surface area contributed by atoms with Gasteiger partial charge in [0.25, 0.3) is 11.8 Å². The normalized spacial score (nSPS) is 14.5. The Bertz CT molecular complexity index is 871. The molecule has 1 fully saturated rings. The molecule has 2 amide bonds. The van der Waals surface area contributed by atoms with Gasteiger partial charge in [0.05, 0.1) is 12.8 Å². The monoisotopic (exact) mass is 411 g/mol. The van der Waals surface area contributed by atoms with E-state index in [1.54, 1.807) is 23.1 Å². The van der Waals surface area contributed by atoms with E-state index in [0.717, 1.165) is 18.1 Å². The smallest absolute Gasteiger partial charge is 0.289 e. The van der Waals surface area contributed by atoms with Gasteiger partial charge in [-0.1, -0.05) is 12.1 Å². The van der Waals surface area contributed by atoms with Crippen molar-refractivity contribution in [2.45, 2.75) is 20.4 Å². The zero-order chi connectivity index (χ0) is 21.3. The molecule has 2 N–H and O–H groups in total. The van der Waals surface area contributed by atoms with Gasteiger partial charge < -0.3 is 24.9 Å². The number of nitrogens with zero attached hydrogens (tertiary/aromatic N) is 3. The van der Waals surface area contributed by atoms with Gasteiger partial charge in [-0.25, -0.2) is 4.99 Å². The van der Waals surface area contributed by atoms with Gasteiger partial charge in [0.2, 0.25) is 0 Å². The molecule has 0 spiro atoms. The van der Waals surface area contributed by atoms with E-state index in [9.17, 15) is 9.59 Å². The van der Waals surface area contributed by atoms with Gasteiger partial charge in [-0.15, -0.1) is 0 Å². The summed E-state index contributed by atoms with van der Waals surface area (Å²) in [6.07, 6.45) is 1.51. The van der Waals surface area contributed by atoms with E-state index in [0.29, 0.717) is 50.6 Å². The van der Waals surface area contributed by atoms with Crippen molar-refractivity contribution in [3.8, 4) is 0 Å². The predicted octanol–water partition coefficient (Wildman–Crippen LogP) is 1.95. The third-order valence-corrected chi connectivity index (χ3v) is 4.87. The summed E-state index contributed by atoms with van der Waals surface area (Å²) in [5.41, 5.74) is 1.61. The highest BCUT2D eigenvalue weighted by Gasteiger charge is 2.25. The molecule has 8 heteroatoms. The molecule has 8 nitrogen and oxygen atoms in total. The van der Waals surface area contributed by atoms with E-state index in [1.807, 2.05) is 32.0 Å². The van der Waals surface area contributed by atoms with Crippen molar-refractivity contribution in [1.82, 2.24) is 20.4 Å². The van der Waals surface area contributed by atoms with E-state index < -0.39 is 0 Å². The Hall–Kier alpha value is -3.29. The first kappa shape index (κ1) is 21.4. The highest BCUT2D eigenvalue weighted by molar-refractivity contribution is 5.94. The van der Waals surface area contributed by atoms with Crippen molar-refractivity contribution in [3.05, 3.63) is 59.5 Å². The summed E-state index contributed by atoms with van der Waals surface area (Å²) in [5, 5.41) is 6.14. The van der Waals surface area contributed by atoms with Gasteiger partial charge in [0.1, 0.15) is 0 Å². The van der Waals surface area contributed by atoms with Crippen molar-refractivity contribution in [2.75, 3.05) is 39.3 Å². The van der Waals surface area contributed by atoms with Crippen molar-refractivity contribution >= 4 is 17.8 Å². The molecule has 0 saturated carbocycles. The van der Waals surface area contributed by atoms with Gasteiger partial charge in [-0.3, -0.25) is 9.59 Å². The molecule has 160 valence electrons. The number of amides is 2. The minimum atomic E-state index is -0.0799. The summed E-state index contributed by atoms with van der Waals surface area (Å²) in [5.74, 6) is 1.03. The summed E-state index contributed by atoms with van der Waals surface area (Å²) in [4.78, 5) is 33.2. The predicted molar refractivity (Wildman–Crippen MR) is 115 cm³/mol. The fourth-order valence-corrected chi connectivity index (χ4v) is 3.34. The second-order valence-electron chi connectivity index (χ2n) is 6.99. The Morgan fingerprint density at radius 2 is 1.73 bits per heavy atom. The highest BCUT2D eigenvalue weighted by Crippen LogP contribution is 2.11. The molecule has 1 aromatic heterocycles. The molecule has 1 aromatic carbocycles. The number of aliphatic imine (C=N–C) groups is 1. The van der Waals surface area contributed by atoms with Crippen molar-refractivity contribution in [1.29, 1.82) is 0 Å². The van der Waals surface area contributed by atoms with Crippen LogP contribution in [0.4, 0.5) is 0 Å². The number of furan rings is 1. The lowest BCUT2D eigenvalue weighted by molar-refractivity contribution is 0.0657. The van der Waals surface area contributed by atoms with Gasteiger partial charge >= 0.3 is 0 Å². The lowest BCUT2D eigenvalue weighted by Gasteiger charge is -2.36. The molecule has 3 rings (SSSR count). The maximum atomic E-state index is 12.4. The number of hydrogen-bond donors (Lipinski definition) is 2. The minimum absolute atomic E-state index is 0.0763. The number of benzene rings is 1. The van der Waals surface area contributed by atoms with Crippen LogP contribution in [0.25, 0.3) is 0 Å². The molecule has 30 heavy (non-hydrogen) atoms. The third-order valence-electron chi connectivity index (χ3n) is 4.87. The van der Waals surface area contributed by atoms with E-state index in [4.69, 9.17) is 9.41 Å². The fourth-order valence-electron chi connectivity index (χ4n) is 3.34. The molecule has 2 aromatic rings. The molecular weight excluding hydrogens is 382 g/mol. The van der Waals surface area contributed by atoms with Crippen molar-refractivity contribution in [3.63, 3.8) is 0 Å². The number of piperazine rings is 1. The molecule has 2 heterocycles. The Kier molecular flexibility index (Phi) is 7.48. The maximum absolute atomic E-state index is 12.4. The molecule has 1 aliphatic heterocycles. The van der Waals surface area contributed by atoms with Crippen LogP contribution in [0.2, 0.25) is 0 Å². The van der Waals surface area contributed by atoms with Crippen LogP contribution in [-0.2, 0) is 6.54 Å². The average Bonchev–Trinajstić information content (AvgIpc) is 3.32. The molecule has 0 unspecified atom stereocenters. The molecule has 0 radical (unpaired) electrons. The Morgan fingerprint density at radius 1 is 1.00 bits per heavy atom. The molecule has 0 atom stereocenters. The SMILES string of the molecule is CCNC(=O)c1cccc(CN=C(NCC)N2CCN(C(=O)c3ccco3)CC2)c1. The van der Waals surface area contributed by atoms with E-state index in [1.165, 1.54) is 6.26 Å². The highest BCUT2D eigenvalue weighted by atomic mass is 16.3. The number of guanidine groups is 1. The number of rotatable bonds is 6. The van der Waals surface area contributed by atoms with Crippen LogP contribution in [0.1, 0.15) is 40.3 Å². The largest absolute Gasteiger partial charge is 0.459 e. The van der Waals surface area contributed by atoms with E-state index in [2.05, 4.69) is 15.5 Å². The lowest BCUT2D eigenvalue weighted by Crippen LogP contribution is -2.53. The Morgan fingerprint density at radius 3 is 2.40 bits per heavy atom. The average molecular weight is 412 g/mol. The number of nitrogens with one attached hydrogen (secondary N) is 2. The Balaban J connectivity index is 1.62. The summed E-state index contributed by atoms with van der Waals surface area (Å²) in [7, 11) is 0. The number of carbonyl (C=O) groups is 2. The zero-order valence-corrected chi connectivity index (χ0v) is 17.6. The summed E-state index contributed by atoms with van der Waals surface area (Å²) in [6.45, 7) is 8.35. The summed E-state index contributed by atoms with van der Waals surface area (Å²) < 4.78 is 5.22. The second-order valence-corrected chi connectivity index (χ2v) is 6.99. The topological polar surface area (TPSA) is 90.2 Å². The first-order valence-electron chi connectivity index (χ1n) is 10.4. The van der Waals surface area contributed by atoms with Crippen molar-refractivity contribution in [2.24, 2.45) is 4.99 Å². The molecule has 0 aliphatic carbocycles. The van der Waals surface area contributed by atoms with E-state index >= 15 is 0 Å². The van der Waals surface area contributed by atoms with Gasteiger partial charge in [0.15, 0.2) is 11.7 Å². The standard InChI is InChI=1S/C22H29N5O3/c1-3-23-20(28)18-8-5-7-17(15-18)16-25-22(24-4-2)27-12-10-26(11-13-27)21(29)19-9-6-14-30-19/h5-9,14-15H,3-4,10-13,16H2,1-2H3,(H,23,28)(H,24,25). The third kappa shape index (κ3) is 5.40. The van der Waals surface area contributed by atoms with Crippen LogP contribution in [0.3, 0.4) is 0 Å². The summed E-state index contributed by atoms with van der Waals surface area (Å²) in [6, 6.07) is 10.9. The lowest BCUT2D eigenvalue weighted by atomic mass is 10.1. The van der Waals surface area contributed by atoms with Gasteiger partial charge in [-0.2, -0.15) is 0 Å². The van der Waals surface area contributed by atoms with Crippen LogP contribution < -0.4 is 10.6 Å². The zero-order valence-electron chi connectivity index (χ0n) is 17.6. The first-order chi connectivity index (χ1) is 14.6. The second kappa shape index (κ2) is 10.5. The van der Waals surface area contributed by atoms with Crippen molar-refractivity contribution < 1.29 is 14.0 Å². The number of hydrogen-bond acceptors (Lipinski definition) is 4. The van der Waals surface area contributed by atoms with Crippen LogP contribution in [-0.4, -0.2) is 66.8 Å². The summed E-state index contributed by atoms with van der Waals surface area (Å²) >= 11 is 0. The van der Waals surface area contributed by atoms with E-state index in [-0.39, 0.29) is 11.8 Å². The minimum Gasteiger partial charge on any atom is -0.459 e. The van der Waals surface area contributed by atoms with Gasteiger partial charge in [-0.05, 0) is 43.7 Å². The van der Waals surface area contributed by atoms with Crippen LogP contribution >= 0.6 is 0 Å². The quantitative estimate of drug-likeness (QED) is 0.560. The number of carbonyl (C=O) groups excluding carboxylic acids is 2. The van der Waals surface area contributed by atoms with Crippen LogP contribution in [0.15, 0.2) is 52.1 Å². The van der Waals surface area contributed by atoms with Gasteiger partial charge in [0, 0.05) is 44.8 Å². The molecule has 1 aliphatic rings. The Labute approximate surface area is 176 Å². The molecule has 0 bridgehead atoms. The molecular formula is C22H29N5O3. The van der Waals surface area contributed by atoms with Crippen LogP contribution in [0, 0.1) is 0 Å². The maximum Gasteiger partial charge on any atom is 0.289 e. The fraction of sp³-hybridized carbons (Fsp3) is 0.409. The first-order valence-corrected chi connectivity index (χ1v) is 10.4. The molecule has 1 saturated heterocycles. The van der Waals surface area contributed by atoms with Crippen LogP contribution in [0.5, 0.6) is 0 Å².